The Bertz CT molecular complexity index is 567. The minimum Gasteiger partial charge on any atom is -0.389 e. The number of nitrogens with zero attached hydrogens (tertiary/aromatic N) is 1. The van der Waals surface area contributed by atoms with E-state index in [0.717, 1.165) is 0 Å². The van der Waals surface area contributed by atoms with Gasteiger partial charge >= 0.3 is 0 Å². The van der Waals surface area contributed by atoms with Gasteiger partial charge in [0.15, 0.2) is 0 Å². The van der Waals surface area contributed by atoms with E-state index in [0.29, 0.717) is 0 Å². The molecule has 0 aliphatic carbocycles. The van der Waals surface area contributed by atoms with Crippen molar-refractivity contribution < 1.29 is 23.1 Å². The molecule has 0 spiro atoms. The lowest BCUT2D eigenvalue weighted by Crippen LogP contribution is -2.34. The molecule has 0 saturated carbocycles. The molecule has 114 valence electrons. The van der Waals surface area contributed by atoms with Crippen molar-refractivity contribution in [3.8, 4) is 0 Å². The maximum Gasteiger partial charge on any atom is 0.267 e. The Labute approximate surface area is 117 Å². The number of aliphatic hydroxyl groups excluding tert-OH is 1. The molecule has 3 N–H and O–H groups in total. The van der Waals surface area contributed by atoms with Crippen LogP contribution in [-0.2, 0) is 21.8 Å². The number of carbonyl (C=O) groups is 1. The van der Waals surface area contributed by atoms with Gasteiger partial charge in [0.2, 0.25) is 10.0 Å². The van der Waals surface area contributed by atoms with Crippen LogP contribution in [0.15, 0.2) is 17.2 Å². The third kappa shape index (κ3) is 4.04. The van der Waals surface area contributed by atoms with E-state index < -0.39 is 16.1 Å². The Morgan fingerprint density at radius 2 is 2.20 bits per heavy atom. The monoisotopic (exact) mass is 305 g/mol. The molecule has 0 fully saturated rings. The molecule has 1 heterocycles. The van der Waals surface area contributed by atoms with Gasteiger partial charge in [-0.05, 0) is 6.07 Å². The molecule has 0 aliphatic rings. The SMILES string of the molecule is CNC(=O)c1cc(S(=O)(=O)NCC(O)COC)cn1C. The van der Waals surface area contributed by atoms with E-state index in [4.69, 9.17) is 4.74 Å². The topological polar surface area (TPSA) is 110 Å². The van der Waals surface area contributed by atoms with E-state index in [1.807, 2.05) is 0 Å². The van der Waals surface area contributed by atoms with Crippen LogP contribution in [0, 0.1) is 0 Å². The number of hydrogen-bond acceptors (Lipinski definition) is 5. The largest absolute Gasteiger partial charge is 0.389 e. The first-order chi connectivity index (χ1) is 9.31. The summed E-state index contributed by atoms with van der Waals surface area (Å²) in [4.78, 5) is 11.5. The normalized spacial score (nSPS) is 13.2. The molecule has 1 aromatic rings. The summed E-state index contributed by atoms with van der Waals surface area (Å²) in [6.07, 6.45) is 0.396. The van der Waals surface area contributed by atoms with Gasteiger partial charge in [0.25, 0.3) is 5.91 Å². The minimum absolute atomic E-state index is 0.0286. The number of aromatic nitrogens is 1. The number of amides is 1. The summed E-state index contributed by atoms with van der Waals surface area (Å²) >= 11 is 0. The zero-order chi connectivity index (χ0) is 15.3. The van der Waals surface area contributed by atoms with Crippen molar-refractivity contribution in [2.24, 2.45) is 7.05 Å². The highest BCUT2D eigenvalue weighted by atomic mass is 32.2. The van der Waals surface area contributed by atoms with Crippen LogP contribution in [0.1, 0.15) is 10.5 Å². The smallest absolute Gasteiger partial charge is 0.267 e. The van der Waals surface area contributed by atoms with E-state index in [9.17, 15) is 18.3 Å². The highest BCUT2D eigenvalue weighted by Crippen LogP contribution is 2.13. The molecule has 0 bridgehead atoms. The van der Waals surface area contributed by atoms with Crippen LogP contribution < -0.4 is 10.0 Å². The summed E-state index contributed by atoms with van der Waals surface area (Å²) in [6, 6.07) is 1.27. The number of hydrogen-bond donors (Lipinski definition) is 3. The van der Waals surface area contributed by atoms with Crippen molar-refractivity contribution >= 4 is 15.9 Å². The fraction of sp³-hybridized carbons (Fsp3) is 0.545. The van der Waals surface area contributed by atoms with Crippen molar-refractivity contribution in [3.63, 3.8) is 0 Å². The van der Waals surface area contributed by atoms with Crippen molar-refractivity contribution in [3.05, 3.63) is 18.0 Å². The highest BCUT2D eigenvalue weighted by molar-refractivity contribution is 7.89. The predicted octanol–water partition coefficient (Wildman–Crippen LogP) is -1.33. The Morgan fingerprint density at radius 1 is 1.55 bits per heavy atom. The Morgan fingerprint density at radius 3 is 2.75 bits per heavy atom. The maximum atomic E-state index is 12.0. The standard InChI is InChI=1S/C11H19N3O5S/c1-12-11(16)10-4-9(6-14(10)2)20(17,18)13-5-8(15)7-19-3/h4,6,8,13,15H,5,7H2,1-3H3,(H,12,16). The average molecular weight is 305 g/mol. The number of aryl methyl sites for hydroxylation is 1. The van der Waals surface area contributed by atoms with Crippen LogP contribution in [-0.4, -0.2) is 57.4 Å². The second kappa shape index (κ2) is 6.84. The first kappa shape index (κ1) is 16.6. The number of nitrogens with one attached hydrogen (secondary N) is 2. The van der Waals surface area contributed by atoms with Gasteiger partial charge in [0.05, 0.1) is 12.7 Å². The molecule has 1 unspecified atom stereocenters. The van der Waals surface area contributed by atoms with Gasteiger partial charge in [-0.15, -0.1) is 0 Å². The third-order valence-electron chi connectivity index (χ3n) is 2.62. The predicted molar refractivity (Wildman–Crippen MR) is 71.9 cm³/mol. The van der Waals surface area contributed by atoms with Crippen LogP contribution >= 0.6 is 0 Å². The first-order valence-corrected chi connectivity index (χ1v) is 7.35. The Kier molecular flexibility index (Phi) is 5.69. The minimum atomic E-state index is -3.78. The summed E-state index contributed by atoms with van der Waals surface area (Å²) in [6.45, 7) is -0.138. The molecule has 0 saturated heterocycles. The maximum absolute atomic E-state index is 12.0. The van der Waals surface area contributed by atoms with Gasteiger partial charge in [0, 0.05) is 33.9 Å². The average Bonchev–Trinajstić information content (AvgIpc) is 2.79. The van der Waals surface area contributed by atoms with Gasteiger partial charge in [-0.3, -0.25) is 4.79 Å². The molecule has 0 aromatic carbocycles. The molecular weight excluding hydrogens is 286 g/mol. The molecule has 1 aromatic heterocycles. The molecular formula is C11H19N3O5S. The molecule has 0 aliphatic heterocycles. The molecule has 0 radical (unpaired) electrons. The molecule has 1 amide bonds. The third-order valence-corrected chi connectivity index (χ3v) is 4.01. The summed E-state index contributed by atoms with van der Waals surface area (Å²) in [5.41, 5.74) is 0.227. The van der Waals surface area contributed by atoms with Crippen molar-refractivity contribution in [2.45, 2.75) is 11.0 Å². The van der Waals surface area contributed by atoms with E-state index in [2.05, 4.69) is 10.0 Å². The van der Waals surface area contributed by atoms with Gasteiger partial charge in [-0.1, -0.05) is 0 Å². The summed E-state index contributed by atoms with van der Waals surface area (Å²) < 4.78 is 32.4. The molecule has 8 nitrogen and oxygen atoms in total. The van der Waals surface area contributed by atoms with E-state index in [1.54, 1.807) is 7.05 Å². The fourth-order valence-corrected chi connectivity index (χ4v) is 2.72. The van der Waals surface area contributed by atoms with Gasteiger partial charge in [-0.25, -0.2) is 13.1 Å². The zero-order valence-electron chi connectivity index (χ0n) is 11.6. The molecule has 9 heteroatoms. The van der Waals surface area contributed by atoms with Crippen molar-refractivity contribution in [2.75, 3.05) is 27.3 Å². The van der Waals surface area contributed by atoms with Crippen LogP contribution in [0.4, 0.5) is 0 Å². The van der Waals surface area contributed by atoms with E-state index >= 15 is 0 Å². The van der Waals surface area contributed by atoms with Crippen LogP contribution in [0.25, 0.3) is 0 Å². The van der Waals surface area contributed by atoms with Crippen molar-refractivity contribution in [1.29, 1.82) is 0 Å². The Hall–Kier alpha value is -1.42. The molecule has 1 rings (SSSR count). The van der Waals surface area contributed by atoms with E-state index in [1.165, 1.54) is 31.0 Å². The number of sulfonamides is 1. The van der Waals surface area contributed by atoms with Crippen molar-refractivity contribution in [1.82, 2.24) is 14.6 Å². The summed E-state index contributed by atoms with van der Waals surface area (Å²) in [7, 11) is 0.658. The number of methoxy groups -OCH3 is 1. The lowest BCUT2D eigenvalue weighted by Gasteiger charge is -2.10. The quantitative estimate of drug-likeness (QED) is 0.578. The Balaban J connectivity index is 2.85. The van der Waals surface area contributed by atoms with Gasteiger partial charge in [0.1, 0.15) is 10.6 Å². The highest BCUT2D eigenvalue weighted by Gasteiger charge is 2.20. The zero-order valence-corrected chi connectivity index (χ0v) is 12.4. The van der Waals surface area contributed by atoms with Crippen LogP contribution in [0.2, 0.25) is 0 Å². The van der Waals surface area contributed by atoms with Crippen LogP contribution in [0.5, 0.6) is 0 Å². The summed E-state index contributed by atoms with van der Waals surface area (Å²) in [5.74, 6) is -0.381. The molecule has 20 heavy (non-hydrogen) atoms. The number of rotatable bonds is 7. The lowest BCUT2D eigenvalue weighted by atomic mass is 10.4. The second-order valence-electron chi connectivity index (χ2n) is 4.21. The first-order valence-electron chi connectivity index (χ1n) is 5.87. The lowest BCUT2D eigenvalue weighted by molar-refractivity contribution is 0.0679. The number of ether oxygens (including phenoxy) is 1. The van der Waals surface area contributed by atoms with Crippen LogP contribution in [0.3, 0.4) is 0 Å². The van der Waals surface area contributed by atoms with Gasteiger partial charge in [-0.2, -0.15) is 0 Å². The number of carbonyl (C=O) groups excluding carboxylic acids is 1. The fourth-order valence-electron chi connectivity index (χ4n) is 1.58. The van der Waals surface area contributed by atoms with Gasteiger partial charge < -0.3 is 19.7 Å². The van der Waals surface area contributed by atoms with E-state index in [-0.39, 0.29) is 29.6 Å². The second-order valence-corrected chi connectivity index (χ2v) is 5.98. The molecule has 1 atom stereocenters. The summed E-state index contributed by atoms with van der Waals surface area (Å²) in [5, 5.41) is 11.8. The number of aliphatic hydroxyl groups is 1.